The fourth-order valence-electron chi connectivity index (χ4n) is 2.03. The molecule has 0 saturated carbocycles. The number of thiazole rings is 1. The van der Waals surface area contributed by atoms with Crippen molar-refractivity contribution in [2.45, 2.75) is 39.5 Å². The Hall–Kier alpha value is -1.49. The summed E-state index contributed by atoms with van der Waals surface area (Å²) in [7, 11) is 0. The second kappa shape index (κ2) is 7.33. The van der Waals surface area contributed by atoms with Gasteiger partial charge in [0.2, 0.25) is 5.13 Å². The Labute approximate surface area is 123 Å². The second-order valence-electron chi connectivity index (χ2n) is 4.67. The van der Waals surface area contributed by atoms with Crippen molar-refractivity contribution in [2.75, 3.05) is 11.6 Å². The summed E-state index contributed by atoms with van der Waals surface area (Å²) in [5.41, 5.74) is 0.830. The number of rotatable bonds is 7. The largest absolute Gasteiger partial charge is 0.239 e. The molecule has 20 heavy (non-hydrogen) atoms. The first-order chi connectivity index (χ1) is 9.74. The highest BCUT2D eigenvalue weighted by atomic mass is 32.1. The highest BCUT2D eigenvalue weighted by Gasteiger charge is 2.11. The number of aromatic nitrogens is 1. The minimum Gasteiger partial charge on any atom is -0.239 e. The summed E-state index contributed by atoms with van der Waals surface area (Å²) >= 11 is 1.48. The van der Waals surface area contributed by atoms with Gasteiger partial charge in [-0.1, -0.05) is 37.5 Å². The monoisotopic (exact) mass is 293 g/mol. The van der Waals surface area contributed by atoms with Gasteiger partial charge in [0.05, 0.1) is 10.2 Å². The summed E-state index contributed by atoms with van der Waals surface area (Å²) < 4.78 is 14.1. The van der Waals surface area contributed by atoms with Crippen LogP contribution >= 0.6 is 11.3 Å². The van der Waals surface area contributed by atoms with Crippen LogP contribution < -0.4 is 5.01 Å². The summed E-state index contributed by atoms with van der Waals surface area (Å²) in [6.45, 7) is 4.95. The lowest BCUT2D eigenvalue weighted by molar-refractivity contribution is 0.630. The van der Waals surface area contributed by atoms with Gasteiger partial charge in [-0.2, -0.15) is 5.10 Å². The van der Waals surface area contributed by atoms with Crippen LogP contribution in [0.2, 0.25) is 0 Å². The van der Waals surface area contributed by atoms with Crippen molar-refractivity contribution in [1.82, 2.24) is 4.98 Å². The van der Waals surface area contributed by atoms with E-state index in [1.165, 1.54) is 42.7 Å². The molecule has 0 bridgehead atoms. The van der Waals surface area contributed by atoms with E-state index >= 15 is 0 Å². The average Bonchev–Trinajstić information content (AvgIpc) is 2.85. The smallest absolute Gasteiger partial charge is 0.207 e. The third kappa shape index (κ3) is 3.76. The van der Waals surface area contributed by atoms with Crippen LogP contribution in [0.3, 0.4) is 0 Å². The molecule has 0 amide bonds. The first-order valence-electron chi connectivity index (χ1n) is 7.06. The van der Waals surface area contributed by atoms with Crippen LogP contribution in [0.4, 0.5) is 9.52 Å². The molecule has 0 spiro atoms. The molecule has 2 rings (SSSR count). The molecule has 5 heteroatoms. The minimum atomic E-state index is -0.221. The highest BCUT2D eigenvalue weighted by Crippen LogP contribution is 2.29. The topological polar surface area (TPSA) is 28.5 Å². The fraction of sp³-hybridized carbons (Fsp3) is 0.467. The average molecular weight is 293 g/mol. The van der Waals surface area contributed by atoms with Crippen molar-refractivity contribution in [2.24, 2.45) is 5.10 Å². The Bertz CT molecular complexity index is 580. The highest BCUT2D eigenvalue weighted by molar-refractivity contribution is 7.22. The lowest BCUT2D eigenvalue weighted by Crippen LogP contribution is -2.17. The van der Waals surface area contributed by atoms with Crippen LogP contribution in [0.1, 0.15) is 39.5 Å². The SMILES string of the molecule is C/C=N/N(CCCCCC)c1nc2ccc(F)cc2s1. The third-order valence-electron chi connectivity index (χ3n) is 3.04. The molecule has 0 fully saturated rings. The van der Waals surface area contributed by atoms with Crippen LogP contribution in [0.25, 0.3) is 10.2 Å². The van der Waals surface area contributed by atoms with E-state index in [1.807, 2.05) is 11.9 Å². The molecule has 108 valence electrons. The van der Waals surface area contributed by atoms with Crippen molar-refractivity contribution in [3.8, 4) is 0 Å². The molecule has 0 aliphatic rings. The van der Waals surface area contributed by atoms with Crippen molar-refractivity contribution in [1.29, 1.82) is 0 Å². The normalized spacial score (nSPS) is 11.6. The Kier molecular flexibility index (Phi) is 5.47. The van der Waals surface area contributed by atoms with Crippen molar-refractivity contribution in [3.05, 3.63) is 24.0 Å². The Morgan fingerprint density at radius 2 is 2.20 bits per heavy atom. The zero-order chi connectivity index (χ0) is 14.4. The number of hydrogen-bond donors (Lipinski definition) is 0. The molecule has 1 aromatic carbocycles. The number of anilines is 1. The van der Waals surface area contributed by atoms with Gasteiger partial charge in [-0.15, -0.1) is 0 Å². The van der Waals surface area contributed by atoms with E-state index < -0.39 is 0 Å². The lowest BCUT2D eigenvalue weighted by Gasteiger charge is -2.14. The molecule has 1 aromatic heterocycles. The number of hydrogen-bond acceptors (Lipinski definition) is 4. The van der Waals surface area contributed by atoms with E-state index in [0.29, 0.717) is 0 Å². The van der Waals surface area contributed by atoms with Gasteiger partial charge in [0, 0.05) is 12.8 Å². The van der Waals surface area contributed by atoms with Gasteiger partial charge in [-0.3, -0.25) is 0 Å². The van der Waals surface area contributed by atoms with E-state index in [-0.39, 0.29) is 5.82 Å². The maximum absolute atomic E-state index is 13.2. The molecule has 0 aliphatic heterocycles. The van der Waals surface area contributed by atoms with Crippen LogP contribution in [-0.4, -0.2) is 17.7 Å². The van der Waals surface area contributed by atoms with E-state index in [9.17, 15) is 4.39 Å². The van der Waals surface area contributed by atoms with Crippen LogP contribution in [0, 0.1) is 5.82 Å². The number of nitrogens with zero attached hydrogens (tertiary/aromatic N) is 3. The summed E-state index contributed by atoms with van der Waals surface area (Å²) in [4.78, 5) is 4.54. The molecule has 2 aromatic rings. The van der Waals surface area contributed by atoms with E-state index in [4.69, 9.17) is 0 Å². The van der Waals surface area contributed by atoms with Crippen molar-refractivity contribution >= 4 is 32.9 Å². The van der Waals surface area contributed by atoms with Gasteiger partial charge in [0.25, 0.3) is 0 Å². The van der Waals surface area contributed by atoms with Gasteiger partial charge in [0.1, 0.15) is 5.82 Å². The molecule has 1 heterocycles. The molecule has 3 nitrogen and oxygen atoms in total. The second-order valence-corrected chi connectivity index (χ2v) is 5.68. The summed E-state index contributed by atoms with van der Waals surface area (Å²) in [5, 5.41) is 7.12. The first kappa shape index (κ1) is 14.9. The molecular weight excluding hydrogens is 273 g/mol. The van der Waals surface area contributed by atoms with Gasteiger partial charge in [0.15, 0.2) is 0 Å². The molecule has 0 saturated heterocycles. The standard InChI is InChI=1S/C15H20FN3S/c1-3-5-6-7-10-19(17-4-2)15-18-13-9-8-12(16)11-14(13)20-15/h4,8-9,11H,3,5-7,10H2,1-2H3/b17-4+. The zero-order valence-electron chi connectivity index (χ0n) is 12.0. The lowest BCUT2D eigenvalue weighted by atomic mass is 10.2. The van der Waals surface area contributed by atoms with Crippen molar-refractivity contribution in [3.63, 3.8) is 0 Å². The third-order valence-corrected chi connectivity index (χ3v) is 4.07. The maximum Gasteiger partial charge on any atom is 0.207 e. The van der Waals surface area contributed by atoms with Crippen LogP contribution in [-0.2, 0) is 0 Å². The molecule has 0 atom stereocenters. The quantitative estimate of drug-likeness (QED) is 0.415. The maximum atomic E-state index is 13.2. The van der Waals surface area contributed by atoms with E-state index in [1.54, 1.807) is 12.3 Å². The van der Waals surface area contributed by atoms with E-state index in [0.717, 1.165) is 28.3 Å². The minimum absolute atomic E-state index is 0.221. The van der Waals surface area contributed by atoms with Gasteiger partial charge in [-0.05, 0) is 31.5 Å². The number of hydrazone groups is 1. The Morgan fingerprint density at radius 1 is 1.35 bits per heavy atom. The van der Waals surface area contributed by atoms with Gasteiger partial charge in [-0.25, -0.2) is 14.4 Å². The van der Waals surface area contributed by atoms with Crippen molar-refractivity contribution < 1.29 is 4.39 Å². The molecule has 0 unspecified atom stereocenters. The summed E-state index contributed by atoms with van der Waals surface area (Å²) in [6.07, 6.45) is 6.53. The predicted molar refractivity (Wildman–Crippen MR) is 85.2 cm³/mol. The van der Waals surface area contributed by atoms with Crippen LogP contribution in [0.15, 0.2) is 23.3 Å². The molecular formula is C15H20FN3S. The zero-order valence-corrected chi connectivity index (χ0v) is 12.8. The Morgan fingerprint density at radius 3 is 2.95 bits per heavy atom. The first-order valence-corrected chi connectivity index (χ1v) is 7.88. The number of unbranched alkanes of at least 4 members (excludes halogenated alkanes) is 3. The summed E-state index contributed by atoms with van der Waals surface area (Å²) in [5.74, 6) is -0.221. The summed E-state index contributed by atoms with van der Waals surface area (Å²) in [6, 6.07) is 4.69. The predicted octanol–water partition coefficient (Wildman–Crippen LogP) is 4.83. The van der Waals surface area contributed by atoms with Gasteiger partial charge >= 0.3 is 0 Å². The number of benzene rings is 1. The van der Waals surface area contributed by atoms with E-state index in [2.05, 4.69) is 17.0 Å². The Balaban J connectivity index is 2.13. The number of fused-ring (bicyclic) bond motifs is 1. The molecule has 0 N–H and O–H groups in total. The van der Waals surface area contributed by atoms with Gasteiger partial charge < -0.3 is 0 Å². The van der Waals surface area contributed by atoms with Crippen LogP contribution in [0.5, 0.6) is 0 Å². The number of halogens is 1. The fourth-order valence-corrected chi connectivity index (χ4v) is 3.00. The molecule has 0 radical (unpaired) electrons. The molecule has 0 aliphatic carbocycles.